The fourth-order valence-corrected chi connectivity index (χ4v) is 2.81. The van der Waals surface area contributed by atoms with E-state index in [-0.39, 0.29) is 23.7 Å². The quantitative estimate of drug-likeness (QED) is 0.898. The number of carbonyl (C=O) groups is 1. The first-order chi connectivity index (χ1) is 9.48. The number of aryl methyl sites for hydroxylation is 2. The molecule has 1 saturated heterocycles. The van der Waals surface area contributed by atoms with Gasteiger partial charge < -0.3 is 10.6 Å². The lowest BCUT2D eigenvalue weighted by molar-refractivity contribution is -0.121. The molecule has 1 aliphatic heterocycles. The Balaban J connectivity index is 0.00000220. The summed E-state index contributed by atoms with van der Waals surface area (Å²) in [6.45, 7) is 9.24. The first-order valence-electron chi connectivity index (χ1n) is 7.52. The second-order valence-corrected chi connectivity index (χ2v) is 6.47. The molecule has 2 N–H and O–H groups in total. The molecule has 118 valence electrons. The smallest absolute Gasteiger partial charge is 0.224 e. The highest BCUT2D eigenvalue weighted by molar-refractivity contribution is 5.85. The van der Waals surface area contributed by atoms with E-state index in [9.17, 15) is 4.79 Å². The Morgan fingerprint density at radius 2 is 2.14 bits per heavy atom. The lowest BCUT2D eigenvalue weighted by Crippen LogP contribution is -2.46. The first kappa shape index (κ1) is 18.0. The monoisotopic (exact) mass is 310 g/mol. The molecular formula is C17H27ClN2O. The van der Waals surface area contributed by atoms with E-state index in [1.54, 1.807) is 0 Å². The summed E-state index contributed by atoms with van der Waals surface area (Å²) in [5.74, 6) is 0.130. The minimum Gasteiger partial charge on any atom is -0.355 e. The summed E-state index contributed by atoms with van der Waals surface area (Å²) in [7, 11) is 0. The van der Waals surface area contributed by atoms with Crippen LogP contribution < -0.4 is 10.6 Å². The predicted octanol–water partition coefficient (Wildman–Crippen LogP) is 2.77. The molecular weight excluding hydrogens is 284 g/mol. The van der Waals surface area contributed by atoms with Gasteiger partial charge >= 0.3 is 0 Å². The van der Waals surface area contributed by atoms with E-state index in [0.29, 0.717) is 6.42 Å². The van der Waals surface area contributed by atoms with Gasteiger partial charge in [0.2, 0.25) is 5.91 Å². The van der Waals surface area contributed by atoms with Crippen LogP contribution in [0.1, 0.15) is 36.5 Å². The molecule has 4 heteroatoms. The summed E-state index contributed by atoms with van der Waals surface area (Å²) in [6.07, 6.45) is 2.87. The van der Waals surface area contributed by atoms with Crippen molar-refractivity contribution >= 4 is 18.3 Å². The molecule has 0 radical (unpaired) electrons. The molecule has 2 rings (SSSR count). The topological polar surface area (TPSA) is 41.1 Å². The lowest BCUT2D eigenvalue weighted by Gasteiger charge is -2.34. The Kier molecular flexibility index (Phi) is 6.69. The molecule has 0 aliphatic carbocycles. The van der Waals surface area contributed by atoms with Crippen molar-refractivity contribution in [2.24, 2.45) is 5.41 Å². The van der Waals surface area contributed by atoms with Gasteiger partial charge in [0.25, 0.3) is 0 Å². The third kappa shape index (κ3) is 5.33. The van der Waals surface area contributed by atoms with Gasteiger partial charge in [-0.05, 0) is 49.8 Å². The zero-order valence-corrected chi connectivity index (χ0v) is 14.1. The fraction of sp³-hybridized carbons (Fsp3) is 0.588. The number of halogens is 1. The number of nitrogens with one attached hydrogen (secondary N) is 2. The summed E-state index contributed by atoms with van der Waals surface area (Å²) < 4.78 is 0. The number of hydrogen-bond donors (Lipinski definition) is 2. The van der Waals surface area contributed by atoms with Crippen LogP contribution in [0.25, 0.3) is 0 Å². The Morgan fingerprint density at radius 1 is 1.38 bits per heavy atom. The Hall–Kier alpha value is -1.06. The number of amides is 1. The van der Waals surface area contributed by atoms with E-state index < -0.39 is 0 Å². The molecule has 0 bridgehead atoms. The molecule has 3 nitrogen and oxygen atoms in total. The Morgan fingerprint density at radius 3 is 2.81 bits per heavy atom. The molecule has 1 unspecified atom stereocenters. The van der Waals surface area contributed by atoms with Crippen LogP contribution >= 0.6 is 12.4 Å². The van der Waals surface area contributed by atoms with Crippen molar-refractivity contribution in [3.05, 3.63) is 34.9 Å². The second kappa shape index (κ2) is 7.81. The zero-order chi connectivity index (χ0) is 14.6. The van der Waals surface area contributed by atoms with Gasteiger partial charge in [-0.15, -0.1) is 12.4 Å². The maximum atomic E-state index is 12.1. The Bertz CT molecular complexity index is 482. The van der Waals surface area contributed by atoms with Crippen LogP contribution in [0, 0.1) is 19.3 Å². The Labute approximate surface area is 134 Å². The number of rotatable bonds is 4. The van der Waals surface area contributed by atoms with Crippen LogP contribution in [0.5, 0.6) is 0 Å². The van der Waals surface area contributed by atoms with E-state index in [4.69, 9.17) is 0 Å². The SMILES string of the molecule is Cc1ccc(C)c(CC(=O)NCC2(C)CCCNC2)c1.Cl. The average molecular weight is 311 g/mol. The van der Waals surface area contributed by atoms with Gasteiger partial charge in [0.1, 0.15) is 0 Å². The predicted molar refractivity (Wildman–Crippen MR) is 90.1 cm³/mol. The third-order valence-corrected chi connectivity index (χ3v) is 4.25. The summed E-state index contributed by atoms with van der Waals surface area (Å²) >= 11 is 0. The molecule has 1 aliphatic rings. The van der Waals surface area contributed by atoms with Gasteiger partial charge in [-0.3, -0.25) is 4.79 Å². The van der Waals surface area contributed by atoms with Gasteiger partial charge in [0.15, 0.2) is 0 Å². The number of benzene rings is 1. The molecule has 1 aromatic carbocycles. The van der Waals surface area contributed by atoms with Crippen molar-refractivity contribution in [1.82, 2.24) is 10.6 Å². The maximum absolute atomic E-state index is 12.1. The van der Waals surface area contributed by atoms with Crippen molar-refractivity contribution in [1.29, 1.82) is 0 Å². The molecule has 0 aromatic heterocycles. The number of hydrogen-bond acceptors (Lipinski definition) is 2. The standard InChI is InChI=1S/C17H26N2O.ClH/c1-13-5-6-14(2)15(9-13)10-16(20)19-12-17(3)7-4-8-18-11-17;/h5-6,9,18H,4,7-8,10-12H2,1-3H3,(H,19,20);1H. The van der Waals surface area contributed by atoms with Gasteiger partial charge in [-0.25, -0.2) is 0 Å². The van der Waals surface area contributed by atoms with Crippen LogP contribution in [0.4, 0.5) is 0 Å². The van der Waals surface area contributed by atoms with Crippen LogP contribution in [-0.4, -0.2) is 25.5 Å². The molecule has 1 amide bonds. The van der Waals surface area contributed by atoms with Crippen LogP contribution in [0.3, 0.4) is 0 Å². The highest BCUT2D eigenvalue weighted by atomic mass is 35.5. The van der Waals surface area contributed by atoms with Crippen molar-refractivity contribution in [2.75, 3.05) is 19.6 Å². The average Bonchev–Trinajstić information content (AvgIpc) is 2.42. The van der Waals surface area contributed by atoms with Gasteiger partial charge in [-0.2, -0.15) is 0 Å². The van der Waals surface area contributed by atoms with Crippen LogP contribution in [0.2, 0.25) is 0 Å². The maximum Gasteiger partial charge on any atom is 0.224 e. The second-order valence-electron chi connectivity index (χ2n) is 6.47. The molecule has 1 atom stereocenters. The molecule has 21 heavy (non-hydrogen) atoms. The first-order valence-corrected chi connectivity index (χ1v) is 7.52. The van der Waals surface area contributed by atoms with Crippen molar-refractivity contribution in [2.45, 2.75) is 40.0 Å². The highest BCUT2D eigenvalue weighted by Gasteiger charge is 2.26. The third-order valence-electron chi connectivity index (χ3n) is 4.25. The molecule has 0 spiro atoms. The van der Waals surface area contributed by atoms with E-state index in [1.165, 1.54) is 24.0 Å². The minimum atomic E-state index is 0. The lowest BCUT2D eigenvalue weighted by atomic mass is 9.83. The number of piperidine rings is 1. The van der Waals surface area contributed by atoms with Gasteiger partial charge in [0, 0.05) is 13.1 Å². The largest absolute Gasteiger partial charge is 0.355 e. The van der Waals surface area contributed by atoms with Crippen molar-refractivity contribution < 1.29 is 4.79 Å². The van der Waals surface area contributed by atoms with Crippen LogP contribution in [-0.2, 0) is 11.2 Å². The summed E-state index contributed by atoms with van der Waals surface area (Å²) in [5.41, 5.74) is 3.74. The zero-order valence-electron chi connectivity index (χ0n) is 13.3. The van der Waals surface area contributed by atoms with E-state index >= 15 is 0 Å². The number of carbonyl (C=O) groups excluding carboxylic acids is 1. The summed E-state index contributed by atoms with van der Waals surface area (Å²) in [6, 6.07) is 6.29. The van der Waals surface area contributed by atoms with Gasteiger partial charge in [0.05, 0.1) is 6.42 Å². The normalized spacial score (nSPS) is 21.5. The highest BCUT2D eigenvalue weighted by Crippen LogP contribution is 2.24. The van der Waals surface area contributed by atoms with Gasteiger partial charge in [-0.1, -0.05) is 30.7 Å². The van der Waals surface area contributed by atoms with Crippen LogP contribution in [0.15, 0.2) is 18.2 Å². The van der Waals surface area contributed by atoms with E-state index in [1.807, 2.05) is 0 Å². The van der Waals surface area contributed by atoms with Crippen molar-refractivity contribution in [3.8, 4) is 0 Å². The summed E-state index contributed by atoms with van der Waals surface area (Å²) in [4.78, 5) is 12.1. The molecule has 1 aromatic rings. The van der Waals surface area contributed by atoms with E-state index in [2.05, 4.69) is 49.6 Å². The molecule has 1 fully saturated rings. The fourth-order valence-electron chi connectivity index (χ4n) is 2.81. The van der Waals surface area contributed by atoms with E-state index in [0.717, 1.165) is 25.2 Å². The van der Waals surface area contributed by atoms with Crippen molar-refractivity contribution in [3.63, 3.8) is 0 Å². The summed E-state index contributed by atoms with van der Waals surface area (Å²) in [5, 5.41) is 6.52. The molecule has 1 heterocycles. The molecule has 0 saturated carbocycles. The minimum absolute atomic E-state index is 0.